The van der Waals surface area contributed by atoms with E-state index in [2.05, 4.69) is 39.3 Å². The van der Waals surface area contributed by atoms with Crippen molar-refractivity contribution >= 4 is 34.6 Å². The molecule has 4 heterocycles. The zero-order chi connectivity index (χ0) is 22.8. The van der Waals surface area contributed by atoms with Crippen molar-refractivity contribution in [2.45, 2.75) is 77.9 Å². The molecule has 4 rings (SSSR count). The van der Waals surface area contributed by atoms with Gasteiger partial charge in [0.2, 0.25) is 5.28 Å². The monoisotopic (exact) mass is 462 g/mol. The third kappa shape index (κ3) is 4.42. The number of aromatic nitrogens is 5. The minimum atomic E-state index is -0.565. The van der Waals surface area contributed by atoms with Crippen molar-refractivity contribution in [1.29, 1.82) is 0 Å². The van der Waals surface area contributed by atoms with Crippen LogP contribution in [0.1, 0.15) is 70.7 Å². The Labute approximate surface area is 190 Å². The van der Waals surface area contributed by atoms with Crippen LogP contribution in [0.3, 0.4) is 0 Å². The highest BCUT2D eigenvalue weighted by atomic mass is 35.5. The topological polar surface area (TPSA) is 117 Å². The molecule has 0 amide bonds. The Morgan fingerprint density at radius 2 is 2.12 bits per heavy atom. The Morgan fingerprint density at radius 1 is 1.34 bits per heavy atom. The summed E-state index contributed by atoms with van der Waals surface area (Å²) in [5, 5.41) is 7.63. The number of hydrogen-bond donors (Lipinski definition) is 1. The number of nitrogens with zero attached hydrogens (tertiary/aromatic N) is 5. The largest absolute Gasteiger partial charge is 0.459 e. The summed E-state index contributed by atoms with van der Waals surface area (Å²) in [6, 6.07) is 2.07. The average molecular weight is 463 g/mol. The fraction of sp³-hybridized carbons (Fsp3) is 0.571. The molecule has 0 aliphatic carbocycles. The number of anilines is 1. The molecule has 1 N–H and O–H groups in total. The number of hydrogen-bond acceptors (Lipinski definition) is 9. The van der Waals surface area contributed by atoms with Crippen LogP contribution in [0, 0.1) is 0 Å². The number of esters is 1. The Balaban J connectivity index is 1.67. The molecule has 0 saturated carbocycles. The smallest absolute Gasteiger partial charge is 0.303 e. The first-order chi connectivity index (χ1) is 15.4. The summed E-state index contributed by atoms with van der Waals surface area (Å²) in [7, 11) is 0. The minimum absolute atomic E-state index is 0.114. The lowest BCUT2D eigenvalue weighted by atomic mass is 10.1. The Kier molecular flexibility index (Phi) is 6.61. The van der Waals surface area contributed by atoms with Gasteiger partial charge >= 0.3 is 5.97 Å². The van der Waals surface area contributed by atoms with Crippen LogP contribution in [-0.4, -0.2) is 42.8 Å². The average Bonchev–Trinajstić information content (AvgIpc) is 3.49. The van der Waals surface area contributed by atoms with E-state index in [9.17, 15) is 4.79 Å². The van der Waals surface area contributed by atoms with Crippen LogP contribution in [0.5, 0.6) is 0 Å². The van der Waals surface area contributed by atoms with Crippen LogP contribution in [0.4, 0.5) is 5.82 Å². The summed E-state index contributed by atoms with van der Waals surface area (Å²) in [5.41, 5.74) is 1.73. The van der Waals surface area contributed by atoms with E-state index in [1.807, 2.05) is 13.0 Å². The van der Waals surface area contributed by atoms with Crippen LogP contribution in [0.2, 0.25) is 5.28 Å². The zero-order valence-corrected chi connectivity index (χ0v) is 19.3. The van der Waals surface area contributed by atoms with Gasteiger partial charge in [-0.05, 0) is 24.4 Å². The summed E-state index contributed by atoms with van der Waals surface area (Å²) < 4.78 is 18.9. The number of fused-ring (bicyclic) bond motifs is 1. The number of nitrogens with one attached hydrogen (secondary N) is 1. The van der Waals surface area contributed by atoms with Gasteiger partial charge in [-0.2, -0.15) is 9.97 Å². The maximum Gasteiger partial charge on any atom is 0.303 e. The van der Waals surface area contributed by atoms with Gasteiger partial charge in [-0.15, -0.1) is 0 Å². The van der Waals surface area contributed by atoms with E-state index in [0.717, 1.165) is 18.6 Å². The van der Waals surface area contributed by atoms with Gasteiger partial charge in [0.15, 0.2) is 17.0 Å². The van der Waals surface area contributed by atoms with Crippen molar-refractivity contribution in [1.82, 2.24) is 24.7 Å². The normalized spacial score (nSPS) is 20.9. The standard InChI is InChI=1S/C21H27ClN6O4/c1-5-12(6-2)24-19-17-20(26-21(22)25-19)28(10-23-17)16-9-15(30-11(4)29)18(31-16)14-8-13(7-3)32-27-14/h8,10,12,15-16,18H,5-7,9H2,1-4H3,(H,24,25,26)/t15-,16-,18-/m1/s1. The van der Waals surface area contributed by atoms with Gasteiger partial charge in [0.25, 0.3) is 0 Å². The molecule has 3 aromatic rings. The highest BCUT2D eigenvalue weighted by Gasteiger charge is 2.42. The van der Waals surface area contributed by atoms with Crippen molar-refractivity contribution in [2.75, 3.05) is 5.32 Å². The molecular formula is C21H27ClN6O4. The molecule has 3 aromatic heterocycles. The zero-order valence-electron chi connectivity index (χ0n) is 18.5. The van der Waals surface area contributed by atoms with Gasteiger partial charge in [-0.3, -0.25) is 9.36 Å². The van der Waals surface area contributed by atoms with Crippen LogP contribution in [-0.2, 0) is 20.7 Å². The minimum Gasteiger partial charge on any atom is -0.459 e. The summed E-state index contributed by atoms with van der Waals surface area (Å²) in [6.45, 7) is 7.56. The lowest BCUT2D eigenvalue weighted by Crippen LogP contribution is -2.20. The van der Waals surface area contributed by atoms with Crippen LogP contribution in [0.15, 0.2) is 16.9 Å². The third-order valence-corrected chi connectivity index (χ3v) is 5.81. The Hall–Kier alpha value is -2.72. The fourth-order valence-corrected chi connectivity index (χ4v) is 4.08. The highest BCUT2D eigenvalue weighted by molar-refractivity contribution is 6.28. The predicted octanol–water partition coefficient (Wildman–Crippen LogP) is 4.22. The summed E-state index contributed by atoms with van der Waals surface area (Å²) in [6.07, 6.45) is 3.06. The van der Waals surface area contributed by atoms with E-state index in [-0.39, 0.29) is 17.3 Å². The Bertz CT molecular complexity index is 1100. The molecule has 10 nitrogen and oxygen atoms in total. The van der Waals surface area contributed by atoms with E-state index in [0.29, 0.717) is 35.5 Å². The lowest BCUT2D eigenvalue weighted by Gasteiger charge is -2.16. The second-order valence-electron chi connectivity index (χ2n) is 7.79. The van der Waals surface area contributed by atoms with Crippen molar-refractivity contribution in [3.05, 3.63) is 29.1 Å². The third-order valence-electron chi connectivity index (χ3n) is 5.64. The fourth-order valence-electron chi connectivity index (χ4n) is 3.91. The number of imidazole rings is 1. The van der Waals surface area contributed by atoms with Crippen molar-refractivity contribution in [3.8, 4) is 0 Å². The molecule has 1 saturated heterocycles. The van der Waals surface area contributed by atoms with Gasteiger partial charge in [-0.1, -0.05) is 25.9 Å². The number of carbonyl (C=O) groups is 1. The summed E-state index contributed by atoms with van der Waals surface area (Å²) in [4.78, 5) is 25.0. The first kappa shape index (κ1) is 22.5. The SMILES string of the molecule is CCc1cc([C@H]2O[C@@H](n3cnc4c(NC(CC)CC)nc(Cl)nc43)C[C@H]2OC(C)=O)no1. The van der Waals surface area contributed by atoms with Crippen molar-refractivity contribution < 1.29 is 18.8 Å². The van der Waals surface area contributed by atoms with Crippen LogP contribution < -0.4 is 5.32 Å². The van der Waals surface area contributed by atoms with Crippen LogP contribution in [0.25, 0.3) is 11.2 Å². The van der Waals surface area contributed by atoms with Gasteiger partial charge in [-0.25, -0.2) is 4.98 Å². The first-order valence-corrected chi connectivity index (χ1v) is 11.3. The molecule has 0 bridgehead atoms. The van der Waals surface area contributed by atoms with E-state index >= 15 is 0 Å². The molecule has 172 valence electrons. The molecule has 0 spiro atoms. The van der Waals surface area contributed by atoms with Crippen molar-refractivity contribution in [3.63, 3.8) is 0 Å². The molecule has 32 heavy (non-hydrogen) atoms. The number of halogens is 1. The molecule has 1 aliphatic rings. The molecule has 0 unspecified atom stereocenters. The molecule has 1 aliphatic heterocycles. The molecule has 0 aromatic carbocycles. The predicted molar refractivity (Wildman–Crippen MR) is 117 cm³/mol. The number of rotatable bonds is 8. The number of carbonyl (C=O) groups excluding carboxylic acids is 1. The lowest BCUT2D eigenvalue weighted by molar-refractivity contribution is -0.149. The molecule has 11 heteroatoms. The number of aryl methyl sites for hydroxylation is 1. The summed E-state index contributed by atoms with van der Waals surface area (Å²) >= 11 is 6.23. The van der Waals surface area contributed by atoms with Gasteiger partial charge in [0.1, 0.15) is 29.9 Å². The van der Waals surface area contributed by atoms with E-state index in [1.54, 1.807) is 10.9 Å². The maximum atomic E-state index is 11.7. The van der Waals surface area contributed by atoms with E-state index in [1.165, 1.54) is 6.92 Å². The van der Waals surface area contributed by atoms with E-state index in [4.69, 9.17) is 25.6 Å². The van der Waals surface area contributed by atoms with Gasteiger partial charge < -0.3 is 19.3 Å². The first-order valence-electron chi connectivity index (χ1n) is 10.9. The van der Waals surface area contributed by atoms with Gasteiger partial charge in [0.05, 0.1) is 6.33 Å². The van der Waals surface area contributed by atoms with E-state index < -0.39 is 18.4 Å². The molecule has 1 fully saturated rings. The molecular weight excluding hydrogens is 436 g/mol. The van der Waals surface area contributed by atoms with Gasteiger partial charge in [0, 0.05) is 31.9 Å². The van der Waals surface area contributed by atoms with Crippen LogP contribution >= 0.6 is 11.6 Å². The second kappa shape index (κ2) is 9.41. The molecule has 3 atom stereocenters. The second-order valence-corrected chi connectivity index (χ2v) is 8.13. The Morgan fingerprint density at radius 3 is 2.78 bits per heavy atom. The number of ether oxygens (including phenoxy) is 2. The maximum absolute atomic E-state index is 11.7. The quantitative estimate of drug-likeness (QED) is 0.387. The molecule has 0 radical (unpaired) electrons. The van der Waals surface area contributed by atoms with Crippen molar-refractivity contribution in [2.24, 2.45) is 0 Å². The highest BCUT2D eigenvalue weighted by Crippen LogP contribution is 2.41. The summed E-state index contributed by atoms with van der Waals surface area (Å²) in [5.74, 6) is 0.932.